The average molecular weight is 359 g/mol. The van der Waals surface area contributed by atoms with E-state index in [0.29, 0.717) is 16.0 Å². The van der Waals surface area contributed by atoms with Crippen LogP contribution in [0.5, 0.6) is 0 Å². The van der Waals surface area contributed by atoms with E-state index in [1.807, 2.05) is 24.3 Å². The first kappa shape index (κ1) is 15.5. The number of nitrogens with one attached hydrogen (secondary N) is 1. The number of nitrogens with zero attached hydrogens (tertiary/aromatic N) is 3. The van der Waals surface area contributed by atoms with Gasteiger partial charge in [0.2, 0.25) is 5.95 Å². The van der Waals surface area contributed by atoms with Crippen molar-refractivity contribution >= 4 is 51.6 Å². The molecule has 0 saturated carbocycles. The molecule has 0 atom stereocenters. The lowest BCUT2D eigenvalue weighted by molar-refractivity contribution is 0.941. The summed E-state index contributed by atoms with van der Waals surface area (Å²) in [5.41, 5.74) is 1.74. The van der Waals surface area contributed by atoms with Gasteiger partial charge in [-0.3, -0.25) is 0 Å². The van der Waals surface area contributed by atoms with Crippen molar-refractivity contribution in [1.82, 2.24) is 9.97 Å². The van der Waals surface area contributed by atoms with Crippen LogP contribution in [0, 0.1) is 0 Å². The summed E-state index contributed by atoms with van der Waals surface area (Å²) in [5.74, 6) is 1.55. The standard InChI is InChI=1S/C18H16Cl2N4/c19-14-8-7-12(11-15(14)20)21-18-22-16-6-2-1-5-13(16)17(23-18)24-9-3-4-10-24/h1-2,5-8,11H,3-4,9-10H2,(H,21,22,23). The monoisotopic (exact) mass is 358 g/mol. The quantitative estimate of drug-likeness (QED) is 0.691. The molecule has 0 unspecified atom stereocenters. The van der Waals surface area contributed by atoms with Gasteiger partial charge < -0.3 is 10.2 Å². The number of fused-ring (bicyclic) bond motifs is 1. The number of hydrogen-bond donors (Lipinski definition) is 1. The molecule has 1 fully saturated rings. The first-order valence-electron chi connectivity index (χ1n) is 7.94. The van der Waals surface area contributed by atoms with Crippen molar-refractivity contribution in [3.05, 3.63) is 52.5 Å². The van der Waals surface area contributed by atoms with Crippen LogP contribution in [-0.4, -0.2) is 23.1 Å². The highest BCUT2D eigenvalue weighted by Gasteiger charge is 2.18. The van der Waals surface area contributed by atoms with E-state index in [0.717, 1.165) is 35.5 Å². The van der Waals surface area contributed by atoms with Crippen molar-refractivity contribution in [2.75, 3.05) is 23.3 Å². The highest BCUT2D eigenvalue weighted by molar-refractivity contribution is 6.42. The lowest BCUT2D eigenvalue weighted by atomic mass is 10.2. The third-order valence-corrected chi connectivity index (χ3v) is 4.90. The molecule has 4 rings (SSSR count). The van der Waals surface area contributed by atoms with Crippen molar-refractivity contribution in [2.45, 2.75) is 12.8 Å². The van der Waals surface area contributed by atoms with Crippen LogP contribution < -0.4 is 10.2 Å². The minimum absolute atomic E-state index is 0.502. The normalized spacial score (nSPS) is 14.3. The zero-order valence-electron chi connectivity index (χ0n) is 13.0. The van der Waals surface area contributed by atoms with E-state index < -0.39 is 0 Å². The Labute approximate surface area is 150 Å². The Bertz CT molecular complexity index is 891. The Morgan fingerprint density at radius 2 is 1.71 bits per heavy atom. The molecular formula is C18H16Cl2N4. The fourth-order valence-electron chi connectivity index (χ4n) is 2.99. The second-order valence-corrected chi connectivity index (χ2v) is 6.65. The topological polar surface area (TPSA) is 41.1 Å². The van der Waals surface area contributed by atoms with E-state index >= 15 is 0 Å². The minimum atomic E-state index is 0.502. The van der Waals surface area contributed by atoms with Gasteiger partial charge in [-0.1, -0.05) is 35.3 Å². The molecule has 1 aliphatic rings. The second-order valence-electron chi connectivity index (χ2n) is 5.84. The van der Waals surface area contributed by atoms with E-state index in [1.165, 1.54) is 12.8 Å². The molecule has 4 nitrogen and oxygen atoms in total. The Morgan fingerprint density at radius 1 is 0.917 bits per heavy atom. The lowest BCUT2D eigenvalue weighted by Gasteiger charge is -2.19. The molecule has 2 heterocycles. The maximum absolute atomic E-state index is 6.09. The Hall–Kier alpha value is -2.04. The maximum atomic E-state index is 6.09. The van der Waals surface area contributed by atoms with Gasteiger partial charge >= 0.3 is 0 Å². The van der Waals surface area contributed by atoms with Crippen LogP contribution >= 0.6 is 23.2 Å². The molecule has 0 aliphatic carbocycles. The molecule has 0 bridgehead atoms. The molecular weight excluding hydrogens is 343 g/mol. The van der Waals surface area contributed by atoms with Gasteiger partial charge in [-0.2, -0.15) is 4.98 Å². The SMILES string of the molecule is Clc1ccc(Nc2nc(N3CCCC3)c3ccccc3n2)cc1Cl. The molecule has 0 amide bonds. The molecule has 6 heteroatoms. The van der Waals surface area contributed by atoms with Crippen molar-refractivity contribution in [3.63, 3.8) is 0 Å². The second kappa shape index (κ2) is 6.46. The Balaban J connectivity index is 1.76. The predicted octanol–water partition coefficient (Wildman–Crippen LogP) is 5.28. The summed E-state index contributed by atoms with van der Waals surface area (Å²) >= 11 is 12.1. The van der Waals surface area contributed by atoms with Crippen molar-refractivity contribution in [2.24, 2.45) is 0 Å². The zero-order valence-corrected chi connectivity index (χ0v) is 14.5. The van der Waals surface area contributed by atoms with Crippen molar-refractivity contribution in [3.8, 4) is 0 Å². The molecule has 1 N–H and O–H groups in total. The average Bonchev–Trinajstić information content (AvgIpc) is 3.12. The zero-order chi connectivity index (χ0) is 16.5. The highest BCUT2D eigenvalue weighted by Crippen LogP contribution is 2.30. The number of halogens is 2. The van der Waals surface area contributed by atoms with Crippen LogP contribution in [0.3, 0.4) is 0 Å². The summed E-state index contributed by atoms with van der Waals surface area (Å²) in [6.45, 7) is 2.07. The van der Waals surface area contributed by atoms with Crippen LogP contribution in [0.15, 0.2) is 42.5 Å². The van der Waals surface area contributed by atoms with Crippen LogP contribution in [0.25, 0.3) is 10.9 Å². The summed E-state index contributed by atoms with van der Waals surface area (Å²) in [5, 5.41) is 5.35. The summed E-state index contributed by atoms with van der Waals surface area (Å²) in [7, 11) is 0. The number of rotatable bonds is 3. The van der Waals surface area contributed by atoms with Gasteiger partial charge in [-0.15, -0.1) is 0 Å². The molecule has 0 radical (unpaired) electrons. The molecule has 1 saturated heterocycles. The molecule has 1 aromatic heterocycles. The number of aromatic nitrogens is 2. The van der Waals surface area contributed by atoms with E-state index in [1.54, 1.807) is 12.1 Å². The summed E-state index contributed by atoms with van der Waals surface area (Å²) in [4.78, 5) is 11.7. The van der Waals surface area contributed by atoms with Gasteiger partial charge in [0.05, 0.1) is 15.6 Å². The van der Waals surface area contributed by atoms with Crippen LogP contribution in [0.4, 0.5) is 17.5 Å². The Morgan fingerprint density at radius 3 is 2.50 bits per heavy atom. The number of para-hydroxylation sites is 1. The van der Waals surface area contributed by atoms with Gasteiger partial charge in [0.1, 0.15) is 5.82 Å². The molecule has 122 valence electrons. The molecule has 0 spiro atoms. The summed E-state index contributed by atoms with van der Waals surface area (Å²) in [6, 6.07) is 13.5. The van der Waals surface area contributed by atoms with Gasteiger partial charge in [0, 0.05) is 24.2 Å². The third-order valence-electron chi connectivity index (χ3n) is 4.16. The maximum Gasteiger partial charge on any atom is 0.229 e. The van der Waals surface area contributed by atoms with Crippen LogP contribution in [0.2, 0.25) is 10.0 Å². The summed E-state index contributed by atoms with van der Waals surface area (Å²) < 4.78 is 0. The van der Waals surface area contributed by atoms with E-state index in [9.17, 15) is 0 Å². The Kier molecular flexibility index (Phi) is 4.17. The molecule has 3 aromatic rings. The van der Waals surface area contributed by atoms with Gasteiger partial charge in [-0.05, 0) is 43.2 Å². The van der Waals surface area contributed by atoms with Crippen molar-refractivity contribution in [1.29, 1.82) is 0 Å². The largest absolute Gasteiger partial charge is 0.356 e. The smallest absolute Gasteiger partial charge is 0.229 e. The fourth-order valence-corrected chi connectivity index (χ4v) is 3.29. The van der Waals surface area contributed by atoms with Gasteiger partial charge in [0.25, 0.3) is 0 Å². The lowest BCUT2D eigenvalue weighted by Crippen LogP contribution is -2.20. The van der Waals surface area contributed by atoms with Gasteiger partial charge in [0.15, 0.2) is 0 Å². The summed E-state index contributed by atoms with van der Waals surface area (Å²) in [6.07, 6.45) is 2.40. The van der Waals surface area contributed by atoms with E-state index in [4.69, 9.17) is 28.2 Å². The van der Waals surface area contributed by atoms with Crippen LogP contribution in [0.1, 0.15) is 12.8 Å². The molecule has 24 heavy (non-hydrogen) atoms. The fraction of sp³-hybridized carbons (Fsp3) is 0.222. The van der Waals surface area contributed by atoms with Crippen LogP contribution in [-0.2, 0) is 0 Å². The van der Waals surface area contributed by atoms with Gasteiger partial charge in [-0.25, -0.2) is 4.98 Å². The predicted molar refractivity (Wildman–Crippen MR) is 101 cm³/mol. The van der Waals surface area contributed by atoms with E-state index in [2.05, 4.69) is 21.3 Å². The number of anilines is 3. The molecule has 2 aromatic carbocycles. The first-order valence-corrected chi connectivity index (χ1v) is 8.70. The number of benzene rings is 2. The first-order chi connectivity index (χ1) is 11.7. The number of hydrogen-bond acceptors (Lipinski definition) is 4. The third kappa shape index (κ3) is 2.99. The molecule has 1 aliphatic heterocycles. The van der Waals surface area contributed by atoms with E-state index in [-0.39, 0.29) is 0 Å². The highest BCUT2D eigenvalue weighted by atomic mass is 35.5. The van der Waals surface area contributed by atoms with Crippen molar-refractivity contribution < 1.29 is 0 Å². The minimum Gasteiger partial charge on any atom is -0.356 e.